The molecule has 4 saturated carbocycles. The van der Waals surface area contributed by atoms with Crippen LogP contribution in [-0.4, -0.2) is 29.9 Å². The zero-order valence-electron chi connectivity index (χ0n) is 19.6. The number of carbonyl (C=O) groups is 2. The molecule has 1 aliphatic heterocycles. The second-order valence-corrected chi connectivity index (χ2v) is 12.6. The highest BCUT2D eigenvalue weighted by molar-refractivity contribution is 7.17. The van der Waals surface area contributed by atoms with Gasteiger partial charge in [-0.15, -0.1) is 23.7 Å². The topological polar surface area (TPSA) is 87.5 Å². The number of thiophene rings is 1. The van der Waals surface area contributed by atoms with Crippen molar-refractivity contribution in [2.24, 2.45) is 28.9 Å². The lowest BCUT2D eigenvalue weighted by atomic mass is 9.49. The maximum absolute atomic E-state index is 12.6. The van der Waals surface area contributed by atoms with E-state index < -0.39 is 11.9 Å². The fourth-order valence-corrected chi connectivity index (χ4v) is 9.11. The summed E-state index contributed by atoms with van der Waals surface area (Å²) in [5.74, 6) is 2.37. The summed E-state index contributed by atoms with van der Waals surface area (Å²) >= 11 is 7.41. The van der Waals surface area contributed by atoms with Gasteiger partial charge in [0.1, 0.15) is 5.00 Å². The van der Waals surface area contributed by atoms with Crippen LogP contribution >= 0.6 is 35.3 Å². The number of hydrogen-bond acceptors (Lipinski definition) is 4. The highest BCUT2D eigenvalue weighted by Gasteiger charge is 2.51. The first-order valence-electron chi connectivity index (χ1n) is 12.4. The first-order valence-corrected chi connectivity index (χ1v) is 13.6. The van der Waals surface area contributed by atoms with Crippen LogP contribution in [0.15, 0.2) is 24.3 Å². The molecule has 6 nitrogen and oxygen atoms in total. The van der Waals surface area contributed by atoms with E-state index >= 15 is 0 Å². The van der Waals surface area contributed by atoms with E-state index in [4.69, 9.17) is 17.3 Å². The molecule has 0 saturated heterocycles. The van der Waals surface area contributed by atoms with E-state index in [2.05, 4.69) is 15.5 Å². The summed E-state index contributed by atoms with van der Waals surface area (Å²) in [4.78, 5) is 28.7. The van der Waals surface area contributed by atoms with E-state index in [1.165, 1.54) is 56.4 Å². The number of nitrogens with zero attached hydrogens (tertiary/aromatic N) is 1. The van der Waals surface area contributed by atoms with Crippen LogP contribution in [0.3, 0.4) is 0 Å². The predicted molar refractivity (Wildman–Crippen MR) is 144 cm³/mol. The van der Waals surface area contributed by atoms with E-state index in [0.717, 1.165) is 47.7 Å². The lowest BCUT2D eigenvalue weighted by Crippen LogP contribution is -2.51. The molecule has 4 N–H and O–H groups in total. The normalized spacial score (nSPS) is 28.8. The number of hydrogen-bond donors (Lipinski definition) is 3. The van der Waals surface area contributed by atoms with Crippen LogP contribution < -0.4 is 16.4 Å². The van der Waals surface area contributed by atoms with Crippen molar-refractivity contribution in [2.45, 2.75) is 51.5 Å². The lowest BCUT2D eigenvalue weighted by Gasteiger charge is -2.58. The molecule has 1 aromatic heterocycles. The number of rotatable bonds is 5. The first-order chi connectivity index (χ1) is 16.4. The molecule has 188 valence electrons. The largest absolute Gasteiger partial charge is 0.365 e. The van der Waals surface area contributed by atoms with Gasteiger partial charge in [0.2, 0.25) is 0 Å². The molecule has 35 heavy (non-hydrogen) atoms. The molecule has 2 heterocycles. The Labute approximate surface area is 221 Å². The summed E-state index contributed by atoms with van der Waals surface area (Å²) in [6, 6.07) is 6.51. The summed E-state index contributed by atoms with van der Waals surface area (Å²) in [5.41, 5.74) is 8.38. The number of benzene rings is 1. The molecule has 5 aliphatic rings. The number of anilines is 2. The Hall–Kier alpha value is -1.80. The number of carbonyl (C=O) groups excluding carboxylic acids is 2. The van der Waals surface area contributed by atoms with Crippen LogP contribution in [0.25, 0.3) is 0 Å². The minimum absolute atomic E-state index is 0. The summed E-state index contributed by atoms with van der Waals surface area (Å²) in [6.45, 7) is 2.95. The van der Waals surface area contributed by atoms with Gasteiger partial charge in [0.05, 0.1) is 5.56 Å². The number of urea groups is 1. The maximum atomic E-state index is 12.6. The average Bonchev–Trinajstić information content (AvgIpc) is 3.11. The smallest absolute Gasteiger partial charge is 0.324 e. The van der Waals surface area contributed by atoms with Crippen LogP contribution in [0.4, 0.5) is 15.5 Å². The Balaban J connectivity index is 0.00000253. The molecule has 1 aromatic carbocycles. The van der Waals surface area contributed by atoms with Crippen LogP contribution in [-0.2, 0) is 13.0 Å². The molecule has 0 atom stereocenters. The Morgan fingerprint density at radius 1 is 1.06 bits per heavy atom. The molecule has 0 spiro atoms. The van der Waals surface area contributed by atoms with Crippen molar-refractivity contribution in [3.05, 3.63) is 45.3 Å². The molecule has 9 heteroatoms. The van der Waals surface area contributed by atoms with Crippen LogP contribution in [0.2, 0.25) is 5.02 Å². The Morgan fingerprint density at radius 2 is 1.69 bits per heavy atom. The number of halogens is 2. The average molecular weight is 536 g/mol. The highest BCUT2D eigenvalue weighted by atomic mass is 35.5. The van der Waals surface area contributed by atoms with Gasteiger partial charge in [-0.25, -0.2) is 4.79 Å². The molecule has 7 rings (SSSR count). The standard InChI is InChI=1S/C26H31ClN4O2S.ClH/c27-18-1-3-19(4-2-18)29-25(33)30-24-22(23(28)32)20-5-6-31(13-21(20)34-24)14-26-10-15-7-16(11-26)9-17(8-15)12-26;/h1-4,15-17H,5-14H2,(H2,28,32)(H2,29,30,33);1H. The predicted octanol–water partition coefficient (Wildman–Crippen LogP) is 6.14. The maximum Gasteiger partial charge on any atom is 0.324 e. The second-order valence-electron chi connectivity index (χ2n) is 11.0. The van der Waals surface area contributed by atoms with Crippen molar-refractivity contribution in [2.75, 3.05) is 23.7 Å². The van der Waals surface area contributed by atoms with E-state index in [-0.39, 0.29) is 12.4 Å². The van der Waals surface area contributed by atoms with Gasteiger partial charge in [0, 0.05) is 35.2 Å². The SMILES string of the molecule is Cl.NC(=O)c1c(NC(=O)Nc2ccc(Cl)cc2)sc2c1CCN(CC13CC4CC(CC(C4)C1)C3)C2. The number of fused-ring (bicyclic) bond motifs is 1. The lowest BCUT2D eigenvalue weighted by molar-refractivity contribution is -0.0706. The molecular weight excluding hydrogens is 503 g/mol. The van der Waals surface area contributed by atoms with E-state index in [9.17, 15) is 9.59 Å². The monoisotopic (exact) mass is 534 g/mol. The summed E-state index contributed by atoms with van der Waals surface area (Å²) in [6.07, 6.45) is 9.39. The number of amides is 3. The van der Waals surface area contributed by atoms with Crippen molar-refractivity contribution in [1.29, 1.82) is 0 Å². The first kappa shape index (κ1) is 24.9. The van der Waals surface area contributed by atoms with Crippen molar-refractivity contribution in [1.82, 2.24) is 4.90 Å². The fourth-order valence-electron chi connectivity index (χ4n) is 7.70. The molecule has 4 bridgehead atoms. The minimum atomic E-state index is -0.478. The number of nitrogens with two attached hydrogens (primary N) is 1. The van der Waals surface area contributed by atoms with Gasteiger partial charge in [-0.3, -0.25) is 15.0 Å². The highest BCUT2D eigenvalue weighted by Crippen LogP contribution is 2.60. The van der Waals surface area contributed by atoms with Crippen molar-refractivity contribution in [3.8, 4) is 0 Å². The van der Waals surface area contributed by atoms with Gasteiger partial charge in [-0.1, -0.05) is 11.6 Å². The van der Waals surface area contributed by atoms with E-state index in [1.54, 1.807) is 24.3 Å². The summed E-state index contributed by atoms with van der Waals surface area (Å²) in [7, 11) is 0. The van der Waals surface area contributed by atoms with Gasteiger partial charge >= 0.3 is 6.03 Å². The third-order valence-electron chi connectivity index (χ3n) is 8.44. The molecular formula is C26H32Cl2N4O2S. The molecule has 0 radical (unpaired) electrons. The zero-order chi connectivity index (χ0) is 23.4. The van der Waals surface area contributed by atoms with Crippen LogP contribution in [0.1, 0.15) is 59.3 Å². The summed E-state index contributed by atoms with van der Waals surface area (Å²) in [5, 5.41) is 6.81. The van der Waals surface area contributed by atoms with Gasteiger partial charge < -0.3 is 11.1 Å². The Bertz CT molecular complexity index is 1100. The molecule has 2 aromatic rings. The van der Waals surface area contributed by atoms with Crippen molar-refractivity contribution >= 4 is 58.0 Å². The Kier molecular flexibility index (Phi) is 6.81. The number of primary amides is 1. The summed E-state index contributed by atoms with van der Waals surface area (Å²) < 4.78 is 0. The third kappa shape index (κ3) is 4.93. The molecule has 4 fully saturated rings. The van der Waals surface area contributed by atoms with Gasteiger partial charge in [-0.2, -0.15) is 0 Å². The van der Waals surface area contributed by atoms with Crippen LogP contribution in [0, 0.1) is 23.2 Å². The van der Waals surface area contributed by atoms with Crippen molar-refractivity contribution in [3.63, 3.8) is 0 Å². The molecule has 4 aliphatic carbocycles. The van der Waals surface area contributed by atoms with E-state index in [1.807, 2.05) is 0 Å². The van der Waals surface area contributed by atoms with E-state index in [0.29, 0.717) is 26.7 Å². The third-order valence-corrected chi connectivity index (χ3v) is 9.82. The van der Waals surface area contributed by atoms with Gasteiger partial charge in [0.25, 0.3) is 5.91 Å². The molecule has 3 amide bonds. The van der Waals surface area contributed by atoms with Crippen molar-refractivity contribution < 1.29 is 9.59 Å². The quantitative estimate of drug-likeness (QED) is 0.430. The van der Waals surface area contributed by atoms with Gasteiger partial charge in [-0.05, 0) is 97.9 Å². The second kappa shape index (κ2) is 9.58. The fraction of sp³-hybridized carbons (Fsp3) is 0.538. The molecule has 0 unspecified atom stereocenters. The minimum Gasteiger partial charge on any atom is -0.365 e. The van der Waals surface area contributed by atoms with Crippen LogP contribution in [0.5, 0.6) is 0 Å². The van der Waals surface area contributed by atoms with Gasteiger partial charge in [0.15, 0.2) is 0 Å². The number of nitrogens with one attached hydrogen (secondary N) is 2. The zero-order valence-corrected chi connectivity index (χ0v) is 22.0. The Morgan fingerprint density at radius 3 is 2.29 bits per heavy atom.